The smallest absolute Gasteiger partial charge is 0.269 e. The average Bonchev–Trinajstić information content (AvgIpc) is 3.09. The van der Waals surface area contributed by atoms with Crippen LogP contribution in [0, 0.1) is 10.1 Å². The summed E-state index contributed by atoms with van der Waals surface area (Å²) in [6.45, 7) is 1.31. The van der Waals surface area contributed by atoms with E-state index in [4.69, 9.17) is 4.74 Å². The van der Waals surface area contributed by atoms with Crippen molar-refractivity contribution in [3.8, 4) is 5.75 Å². The number of carbonyl (C=O) groups excluding carboxylic acids is 1. The normalized spacial score (nSPS) is 15.0. The minimum absolute atomic E-state index is 0.0490. The predicted molar refractivity (Wildman–Crippen MR) is 119 cm³/mol. The van der Waals surface area contributed by atoms with Gasteiger partial charge in [0, 0.05) is 31.8 Å². The molecule has 1 aliphatic heterocycles. The van der Waals surface area contributed by atoms with E-state index in [9.17, 15) is 23.3 Å². The summed E-state index contributed by atoms with van der Waals surface area (Å²) >= 11 is 0. The summed E-state index contributed by atoms with van der Waals surface area (Å²) in [5, 5.41) is 13.4. The van der Waals surface area contributed by atoms with Crippen molar-refractivity contribution in [2.75, 3.05) is 26.2 Å². The Hall–Kier alpha value is -2.98. The third kappa shape index (κ3) is 6.51. The number of nitro groups is 1. The average molecular weight is 462 g/mol. The summed E-state index contributed by atoms with van der Waals surface area (Å²) in [5.41, 5.74) is 0.864. The summed E-state index contributed by atoms with van der Waals surface area (Å²) in [6.07, 6.45) is 4.47. The fourth-order valence-corrected chi connectivity index (χ4v) is 4.99. The molecule has 2 aromatic rings. The lowest BCUT2D eigenvalue weighted by Gasteiger charge is -2.20. The number of nitrogens with one attached hydrogen (secondary N) is 1. The molecule has 0 saturated carbocycles. The van der Waals surface area contributed by atoms with Crippen molar-refractivity contribution in [3.63, 3.8) is 0 Å². The van der Waals surface area contributed by atoms with Gasteiger partial charge in [0.15, 0.2) is 6.61 Å². The second-order valence-electron chi connectivity index (χ2n) is 7.60. The Bertz CT molecular complexity index is 1010. The molecule has 0 atom stereocenters. The molecule has 0 aromatic heterocycles. The number of hydrogen-bond acceptors (Lipinski definition) is 6. The highest BCUT2D eigenvalue weighted by Crippen LogP contribution is 2.21. The Kier molecular flexibility index (Phi) is 8.18. The van der Waals surface area contributed by atoms with Crippen molar-refractivity contribution in [3.05, 3.63) is 64.2 Å². The van der Waals surface area contributed by atoms with Gasteiger partial charge in [-0.1, -0.05) is 25.0 Å². The van der Waals surface area contributed by atoms with Crippen molar-refractivity contribution < 1.29 is 22.9 Å². The van der Waals surface area contributed by atoms with Crippen LogP contribution < -0.4 is 10.1 Å². The van der Waals surface area contributed by atoms with Crippen molar-refractivity contribution in [2.24, 2.45) is 0 Å². The number of rotatable bonds is 9. The number of hydrogen-bond donors (Lipinski definition) is 1. The number of nitro benzene ring substituents is 1. The number of benzene rings is 2. The van der Waals surface area contributed by atoms with Crippen molar-refractivity contribution in [1.29, 1.82) is 0 Å². The number of amides is 1. The first-order valence-corrected chi connectivity index (χ1v) is 12.0. The van der Waals surface area contributed by atoms with E-state index in [1.165, 1.54) is 24.3 Å². The largest absolute Gasteiger partial charge is 0.484 e. The zero-order chi connectivity index (χ0) is 23.0. The van der Waals surface area contributed by atoms with Crippen LogP contribution in [0.25, 0.3) is 0 Å². The van der Waals surface area contributed by atoms with Gasteiger partial charge in [-0.25, -0.2) is 8.42 Å². The highest BCUT2D eigenvalue weighted by molar-refractivity contribution is 7.89. The lowest BCUT2D eigenvalue weighted by Crippen LogP contribution is -2.32. The topological polar surface area (TPSA) is 119 Å². The van der Waals surface area contributed by atoms with Crippen molar-refractivity contribution >= 4 is 21.6 Å². The maximum atomic E-state index is 12.8. The Morgan fingerprint density at radius 1 is 1.00 bits per heavy atom. The summed E-state index contributed by atoms with van der Waals surface area (Å²) in [6, 6.07) is 12.3. The first kappa shape index (κ1) is 23.7. The van der Waals surface area contributed by atoms with Gasteiger partial charge in [-0.15, -0.1) is 0 Å². The summed E-state index contributed by atoms with van der Waals surface area (Å²) in [7, 11) is -3.47. The van der Waals surface area contributed by atoms with Gasteiger partial charge in [-0.3, -0.25) is 14.9 Å². The molecule has 2 aromatic carbocycles. The maximum Gasteiger partial charge on any atom is 0.269 e. The number of carbonyl (C=O) groups is 1. The molecule has 0 bridgehead atoms. The van der Waals surface area contributed by atoms with E-state index < -0.39 is 14.9 Å². The zero-order valence-corrected chi connectivity index (χ0v) is 18.6. The molecular formula is C22H27N3O6S. The Labute approximate surface area is 187 Å². The zero-order valence-electron chi connectivity index (χ0n) is 17.7. The van der Waals surface area contributed by atoms with Crippen LogP contribution in [0.1, 0.15) is 31.2 Å². The number of sulfonamides is 1. The molecule has 0 unspecified atom stereocenters. The minimum Gasteiger partial charge on any atom is -0.484 e. The number of nitrogens with zero attached hydrogens (tertiary/aromatic N) is 2. The molecule has 1 saturated heterocycles. The molecule has 0 aliphatic carbocycles. The molecule has 172 valence electrons. The van der Waals surface area contributed by atoms with E-state index in [1.54, 1.807) is 28.6 Å². The summed E-state index contributed by atoms with van der Waals surface area (Å²) < 4.78 is 32.5. The van der Waals surface area contributed by atoms with E-state index in [0.29, 0.717) is 36.7 Å². The summed E-state index contributed by atoms with van der Waals surface area (Å²) in [5.74, 6) is 0.0515. The van der Waals surface area contributed by atoms with Crippen LogP contribution in [0.4, 0.5) is 5.69 Å². The van der Waals surface area contributed by atoms with Crippen LogP contribution in [0.3, 0.4) is 0 Å². The first-order valence-electron chi connectivity index (χ1n) is 10.6. The molecular weight excluding hydrogens is 434 g/mol. The van der Waals surface area contributed by atoms with Crippen LogP contribution in [0.15, 0.2) is 53.4 Å². The van der Waals surface area contributed by atoms with Crippen molar-refractivity contribution in [1.82, 2.24) is 9.62 Å². The molecule has 1 aliphatic rings. The number of ether oxygens (including phenoxy) is 1. The van der Waals surface area contributed by atoms with Crippen LogP contribution in [-0.4, -0.2) is 49.8 Å². The van der Waals surface area contributed by atoms with E-state index in [-0.39, 0.29) is 18.2 Å². The molecule has 1 fully saturated rings. The predicted octanol–water partition coefficient (Wildman–Crippen LogP) is 2.90. The Morgan fingerprint density at radius 3 is 2.22 bits per heavy atom. The molecule has 1 heterocycles. The van der Waals surface area contributed by atoms with Crippen LogP contribution in [0.2, 0.25) is 0 Å². The Balaban J connectivity index is 1.43. The van der Waals surface area contributed by atoms with E-state index in [0.717, 1.165) is 31.2 Å². The van der Waals surface area contributed by atoms with E-state index in [2.05, 4.69) is 5.32 Å². The third-order valence-electron chi connectivity index (χ3n) is 5.28. The maximum absolute atomic E-state index is 12.8. The highest BCUT2D eigenvalue weighted by atomic mass is 32.2. The quantitative estimate of drug-likeness (QED) is 0.453. The van der Waals surface area contributed by atoms with Crippen LogP contribution in [0.5, 0.6) is 5.75 Å². The lowest BCUT2D eigenvalue weighted by atomic mass is 10.1. The summed E-state index contributed by atoms with van der Waals surface area (Å²) in [4.78, 5) is 22.4. The molecule has 10 heteroatoms. The monoisotopic (exact) mass is 461 g/mol. The third-order valence-corrected chi connectivity index (χ3v) is 7.19. The van der Waals surface area contributed by atoms with Gasteiger partial charge >= 0.3 is 0 Å². The van der Waals surface area contributed by atoms with Gasteiger partial charge in [-0.2, -0.15) is 4.31 Å². The Morgan fingerprint density at radius 2 is 1.62 bits per heavy atom. The second-order valence-corrected chi connectivity index (χ2v) is 9.54. The fraction of sp³-hybridized carbons (Fsp3) is 0.409. The molecule has 1 N–H and O–H groups in total. The molecule has 9 nitrogen and oxygen atoms in total. The van der Waals surface area contributed by atoms with Crippen molar-refractivity contribution in [2.45, 2.75) is 37.0 Å². The van der Waals surface area contributed by atoms with E-state index >= 15 is 0 Å². The molecule has 0 radical (unpaired) electrons. The van der Waals surface area contributed by atoms with E-state index in [1.807, 2.05) is 0 Å². The van der Waals surface area contributed by atoms with Gasteiger partial charge in [0.05, 0.1) is 9.82 Å². The SMILES string of the molecule is O=C(COc1ccc([N+](=O)[O-])cc1)NCCc1ccc(S(=O)(=O)N2CCCCCC2)cc1. The molecule has 32 heavy (non-hydrogen) atoms. The van der Waals surface area contributed by atoms with Gasteiger partial charge in [0.25, 0.3) is 11.6 Å². The number of non-ortho nitro benzene ring substituents is 1. The van der Waals surface area contributed by atoms with Crippen LogP contribution in [-0.2, 0) is 21.2 Å². The molecule has 0 spiro atoms. The molecule has 1 amide bonds. The highest BCUT2D eigenvalue weighted by Gasteiger charge is 2.24. The van der Waals surface area contributed by atoms with Crippen LogP contribution >= 0.6 is 0 Å². The first-order chi connectivity index (χ1) is 15.4. The van der Waals surface area contributed by atoms with Gasteiger partial charge in [0.2, 0.25) is 10.0 Å². The lowest BCUT2D eigenvalue weighted by molar-refractivity contribution is -0.384. The van der Waals surface area contributed by atoms with Gasteiger partial charge < -0.3 is 10.1 Å². The minimum atomic E-state index is -3.47. The standard InChI is InChI=1S/C22H27N3O6S/c26-22(17-31-20-9-7-19(8-10-20)25(27)28)23-14-13-18-5-11-21(12-6-18)32(29,30)24-15-3-1-2-4-16-24/h5-12H,1-4,13-17H2,(H,23,26). The fourth-order valence-electron chi connectivity index (χ4n) is 3.47. The second kappa shape index (κ2) is 11.1. The van der Waals surface area contributed by atoms with Gasteiger partial charge in [-0.05, 0) is 49.1 Å². The van der Waals surface area contributed by atoms with Gasteiger partial charge in [0.1, 0.15) is 5.75 Å². The molecule has 3 rings (SSSR count).